The van der Waals surface area contributed by atoms with Gasteiger partial charge < -0.3 is 4.42 Å². The number of hydrogen-bond acceptors (Lipinski definition) is 3. The molecule has 0 amide bonds. The number of rotatable bonds is 4. The van der Waals surface area contributed by atoms with Crippen LogP contribution < -0.4 is 0 Å². The number of fused-ring (bicyclic) bond motifs is 29. The van der Waals surface area contributed by atoms with E-state index in [9.17, 15) is 0 Å². The van der Waals surface area contributed by atoms with Crippen LogP contribution in [0.3, 0.4) is 0 Å². The summed E-state index contributed by atoms with van der Waals surface area (Å²) in [4.78, 5) is 11.3. The van der Waals surface area contributed by atoms with Crippen molar-refractivity contribution >= 4 is 54.5 Å². The Hall–Kier alpha value is -11.3. The van der Waals surface area contributed by atoms with Gasteiger partial charge in [-0.05, 0) is 164 Å². The Morgan fingerprint density at radius 3 is 1.15 bits per heavy atom. The van der Waals surface area contributed by atoms with Gasteiger partial charge in [-0.25, -0.2) is 4.98 Å². The topological polar surface area (TPSA) is 38.9 Å². The molecule has 0 aliphatic heterocycles. The molecule has 400 valence electrons. The zero-order valence-corrected chi connectivity index (χ0v) is 47.0. The molecule has 3 nitrogen and oxygen atoms in total. The number of benzene rings is 14. The van der Waals surface area contributed by atoms with Gasteiger partial charge in [0.15, 0.2) is 0 Å². The lowest BCUT2D eigenvalue weighted by molar-refractivity contribution is 0.670. The molecule has 2 heterocycles. The maximum absolute atomic E-state index is 6.58. The largest absolute Gasteiger partial charge is 0.455 e. The van der Waals surface area contributed by atoms with Crippen LogP contribution in [0.15, 0.2) is 296 Å². The van der Waals surface area contributed by atoms with E-state index in [1.54, 1.807) is 0 Å². The Bertz CT molecular complexity index is 5620. The van der Waals surface area contributed by atoms with E-state index in [0.717, 1.165) is 99.2 Å². The molecule has 14 aromatic carbocycles. The first-order valence-electron chi connectivity index (χ1n) is 30.2. The summed E-state index contributed by atoms with van der Waals surface area (Å²) < 4.78 is 6.58. The van der Waals surface area contributed by atoms with Crippen molar-refractivity contribution in [1.29, 1.82) is 0 Å². The van der Waals surface area contributed by atoms with Crippen molar-refractivity contribution in [3.8, 4) is 89.1 Å². The smallest absolute Gasteiger partial charge is 0.143 e. The van der Waals surface area contributed by atoms with Gasteiger partial charge in [0, 0.05) is 32.7 Å². The summed E-state index contributed by atoms with van der Waals surface area (Å²) >= 11 is 0. The third-order valence-corrected chi connectivity index (χ3v) is 20.1. The van der Waals surface area contributed by atoms with Gasteiger partial charge in [-0.15, -0.1) is 0 Å². The molecule has 0 atom stereocenters. The maximum atomic E-state index is 6.58. The second kappa shape index (κ2) is 17.2. The average molecular weight is 1100 g/mol. The van der Waals surface area contributed by atoms with E-state index >= 15 is 0 Å². The lowest BCUT2D eigenvalue weighted by Crippen LogP contribution is -2.25. The molecule has 0 saturated heterocycles. The molecule has 4 aliphatic rings. The molecule has 0 N–H and O–H groups in total. The minimum Gasteiger partial charge on any atom is -0.455 e. The average Bonchev–Trinajstić information content (AvgIpc) is 1.80. The van der Waals surface area contributed by atoms with Crippen molar-refractivity contribution < 1.29 is 4.42 Å². The SMILES string of the molecule is c1cc(-c2cnc3c4cc(-c5ccc6c(c5)C5(c7ccccc7-c7ccccc75)c5ccccc5-6)ccc4c4ccc(-c5ccc6c(c5)C5(c7ccccc7-c7ccccc75)c5ccccc5-6)cc4c3n2)cc(-c2cccc3c2oc2ccccc23)c1. The lowest BCUT2D eigenvalue weighted by atomic mass is 9.70. The van der Waals surface area contributed by atoms with Crippen LogP contribution in [-0.4, -0.2) is 9.97 Å². The number of para-hydroxylation sites is 2. The Morgan fingerprint density at radius 2 is 0.632 bits per heavy atom. The third-order valence-electron chi connectivity index (χ3n) is 20.1. The van der Waals surface area contributed by atoms with E-state index in [1.807, 2.05) is 18.3 Å². The fraction of sp³-hybridized carbons (Fsp3) is 0.0238. The number of nitrogens with zero attached hydrogens (tertiary/aromatic N) is 2. The fourth-order valence-electron chi connectivity index (χ4n) is 16.6. The van der Waals surface area contributed by atoms with E-state index in [0.29, 0.717) is 0 Å². The number of hydrogen-bond donors (Lipinski definition) is 0. The predicted molar refractivity (Wildman–Crippen MR) is 356 cm³/mol. The lowest BCUT2D eigenvalue weighted by Gasteiger charge is -2.30. The zero-order chi connectivity index (χ0) is 56.7. The van der Waals surface area contributed by atoms with E-state index in [1.165, 1.54) is 89.0 Å². The van der Waals surface area contributed by atoms with Crippen molar-refractivity contribution in [3.05, 3.63) is 336 Å². The Balaban J connectivity index is 0.792. The van der Waals surface area contributed by atoms with Gasteiger partial charge in [-0.2, -0.15) is 0 Å². The highest BCUT2D eigenvalue weighted by Crippen LogP contribution is 2.65. The summed E-state index contributed by atoms with van der Waals surface area (Å²) in [6.45, 7) is 0. The van der Waals surface area contributed by atoms with Gasteiger partial charge in [-0.1, -0.05) is 249 Å². The summed E-state index contributed by atoms with van der Waals surface area (Å²) in [6.07, 6.45) is 1.98. The Labute approximate surface area is 501 Å². The van der Waals surface area contributed by atoms with Gasteiger partial charge in [0.05, 0.1) is 33.8 Å². The fourth-order valence-corrected chi connectivity index (χ4v) is 16.6. The first kappa shape index (κ1) is 47.1. The highest BCUT2D eigenvalue weighted by Gasteiger charge is 2.53. The number of aromatic nitrogens is 2. The Morgan fingerprint density at radius 1 is 0.241 bits per heavy atom. The van der Waals surface area contributed by atoms with Crippen molar-refractivity contribution in [2.24, 2.45) is 0 Å². The van der Waals surface area contributed by atoms with Crippen LogP contribution in [0.4, 0.5) is 0 Å². The minimum absolute atomic E-state index is 0.445. The predicted octanol–water partition coefficient (Wildman–Crippen LogP) is 21.2. The quantitative estimate of drug-likeness (QED) is 0.165. The van der Waals surface area contributed by atoms with Crippen LogP contribution in [0, 0.1) is 0 Å². The van der Waals surface area contributed by atoms with Gasteiger partial charge in [0.2, 0.25) is 0 Å². The van der Waals surface area contributed by atoms with Crippen LogP contribution in [0.2, 0.25) is 0 Å². The molecule has 0 saturated carbocycles. The molecular formula is C84H48N2O. The molecule has 2 aromatic heterocycles. The monoisotopic (exact) mass is 1100 g/mol. The summed E-state index contributed by atoms with van der Waals surface area (Å²) in [5, 5.41) is 6.62. The third kappa shape index (κ3) is 6.09. The molecule has 0 fully saturated rings. The summed E-state index contributed by atoms with van der Waals surface area (Å²) in [5.41, 5.74) is 32.1. The molecule has 0 bridgehead atoms. The zero-order valence-electron chi connectivity index (χ0n) is 47.0. The highest BCUT2D eigenvalue weighted by molar-refractivity contribution is 6.24. The van der Waals surface area contributed by atoms with Crippen molar-refractivity contribution in [2.45, 2.75) is 10.8 Å². The van der Waals surface area contributed by atoms with Gasteiger partial charge in [0.1, 0.15) is 11.2 Å². The molecule has 0 radical (unpaired) electrons. The standard InChI is InChI=1S/C84H48N2O/c1-8-28-70-58(19-1)59-20-2-9-29-71(59)83(70)74-32-12-5-23-62(74)64-41-37-51(46-76(64)83)49-35-39-56-57-40-36-50(52-38-42-65-63-24-6-13-33-75(63)84(77(65)47-52)72-30-10-3-21-60(72)61-22-4-11-31-73(61)84)45-69(57)81-80(68(56)44-49)85-48-78(86-81)54-18-15-17-53(43-54)55-26-16-27-67-66-25-7-14-34-79(66)87-82(55)67/h1-48H. The maximum Gasteiger partial charge on any atom is 0.143 e. The van der Waals surface area contributed by atoms with Gasteiger partial charge >= 0.3 is 0 Å². The van der Waals surface area contributed by atoms with Crippen LogP contribution in [-0.2, 0) is 10.8 Å². The van der Waals surface area contributed by atoms with Crippen LogP contribution in [0.5, 0.6) is 0 Å². The van der Waals surface area contributed by atoms with Crippen molar-refractivity contribution in [1.82, 2.24) is 9.97 Å². The molecule has 0 unspecified atom stereocenters. The molecule has 3 heteroatoms. The molecule has 16 aromatic rings. The van der Waals surface area contributed by atoms with Gasteiger partial charge in [-0.3, -0.25) is 4.98 Å². The second-order valence-corrected chi connectivity index (χ2v) is 24.1. The van der Waals surface area contributed by atoms with Crippen LogP contribution in [0.1, 0.15) is 44.5 Å². The molecular weight excluding hydrogens is 1050 g/mol. The van der Waals surface area contributed by atoms with E-state index in [2.05, 4.69) is 273 Å². The molecule has 4 aliphatic carbocycles. The molecule has 20 rings (SSSR count). The first-order chi connectivity index (χ1) is 43.1. The summed E-state index contributed by atoms with van der Waals surface area (Å²) in [6, 6.07) is 106. The Kier molecular flexibility index (Phi) is 9.32. The number of furan rings is 1. The summed E-state index contributed by atoms with van der Waals surface area (Å²) in [5.74, 6) is 0. The van der Waals surface area contributed by atoms with E-state index in [-0.39, 0.29) is 0 Å². The second-order valence-electron chi connectivity index (χ2n) is 24.1. The molecule has 87 heavy (non-hydrogen) atoms. The van der Waals surface area contributed by atoms with Crippen LogP contribution >= 0.6 is 0 Å². The highest BCUT2D eigenvalue weighted by atomic mass is 16.3. The summed E-state index contributed by atoms with van der Waals surface area (Å²) in [7, 11) is 0. The first-order valence-corrected chi connectivity index (χ1v) is 30.2. The van der Waals surface area contributed by atoms with E-state index in [4.69, 9.17) is 14.4 Å². The normalized spacial score (nSPS) is 13.9. The van der Waals surface area contributed by atoms with Crippen molar-refractivity contribution in [3.63, 3.8) is 0 Å². The van der Waals surface area contributed by atoms with E-state index < -0.39 is 10.8 Å². The van der Waals surface area contributed by atoms with Gasteiger partial charge in [0.25, 0.3) is 0 Å². The minimum atomic E-state index is -0.451. The van der Waals surface area contributed by atoms with Crippen LogP contribution in [0.25, 0.3) is 144 Å². The molecule has 2 spiro atoms. The van der Waals surface area contributed by atoms with Crippen molar-refractivity contribution in [2.75, 3.05) is 0 Å².